The van der Waals surface area contributed by atoms with Crippen molar-refractivity contribution in [2.45, 2.75) is 38.0 Å². The highest BCUT2D eigenvalue weighted by atomic mass is 19.4. The van der Waals surface area contributed by atoms with Crippen LogP contribution in [0.2, 0.25) is 0 Å². The second-order valence-corrected chi connectivity index (χ2v) is 6.40. The Hall–Kier alpha value is -2.57. The van der Waals surface area contributed by atoms with E-state index in [0.29, 0.717) is 25.1 Å². The lowest BCUT2D eigenvalue weighted by molar-refractivity contribution is -0.137. The molecule has 1 fully saturated rings. The second-order valence-electron chi connectivity index (χ2n) is 6.40. The Labute approximate surface area is 150 Å². The van der Waals surface area contributed by atoms with Crippen LogP contribution in [0.25, 0.3) is 0 Å². The van der Waals surface area contributed by atoms with Crippen molar-refractivity contribution in [2.75, 3.05) is 6.54 Å². The number of urea groups is 1. The van der Waals surface area contributed by atoms with Crippen LogP contribution in [0.15, 0.2) is 48.8 Å². The summed E-state index contributed by atoms with van der Waals surface area (Å²) in [5, 5.41) is 2.89. The molecule has 0 unspecified atom stereocenters. The molecular formula is C19H20F3N3O. The number of nitrogens with zero attached hydrogens (tertiary/aromatic N) is 2. The second kappa shape index (κ2) is 7.76. The minimum Gasteiger partial charge on any atom is -0.338 e. The molecule has 1 aliphatic carbocycles. The van der Waals surface area contributed by atoms with Crippen molar-refractivity contribution in [3.63, 3.8) is 0 Å². The normalized spacial score (nSPS) is 14.1. The maximum absolute atomic E-state index is 12.6. The number of rotatable bonds is 6. The van der Waals surface area contributed by atoms with Crippen molar-refractivity contribution < 1.29 is 18.0 Å². The van der Waals surface area contributed by atoms with Gasteiger partial charge in [-0.3, -0.25) is 4.98 Å². The van der Waals surface area contributed by atoms with Crippen LogP contribution < -0.4 is 5.32 Å². The molecule has 1 saturated carbocycles. The smallest absolute Gasteiger partial charge is 0.338 e. The lowest BCUT2D eigenvalue weighted by Gasteiger charge is -2.23. The van der Waals surface area contributed by atoms with Gasteiger partial charge in [-0.15, -0.1) is 0 Å². The van der Waals surface area contributed by atoms with E-state index in [9.17, 15) is 18.0 Å². The number of nitrogens with one attached hydrogen (secondary N) is 1. The summed E-state index contributed by atoms with van der Waals surface area (Å²) in [7, 11) is 0. The van der Waals surface area contributed by atoms with Gasteiger partial charge in [-0.05, 0) is 48.6 Å². The zero-order chi connectivity index (χ0) is 18.6. The highest BCUT2D eigenvalue weighted by molar-refractivity contribution is 5.75. The molecule has 2 aromatic rings. The summed E-state index contributed by atoms with van der Waals surface area (Å²) in [6, 6.07) is 8.74. The van der Waals surface area contributed by atoms with Gasteiger partial charge < -0.3 is 10.2 Å². The summed E-state index contributed by atoms with van der Waals surface area (Å²) in [6.45, 7) is 0.794. The SMILES string of the molecule is O=C(NCCc1cccnc1)N(Cc1ccc(C(F)(F)F)cc1)C1CC1. The molecule has 1 heterocycles. The molecule has 0 spiro atoms. The van der Waals surface area contributed by atoms with Gasteiger partial charge in [0.2, 0.25) is 0 Å². The number of pyridine rings is 1. The molecule has 138 valence electrons. The predicted molar refractivity (Wildman–Crippen MR) is 91.3 cm³/mol. The molecule has 0 atom stereocenters. The van der Waals surface area contributed by atoms with Crippen LogP contribution in [0.3, 0.4) is 0 Å². The summed E-state index contributed by atoms with van der Waals surface area (Å²) >= 11 is 0. The number of aromatic nitrogens is 1. The summed E-state index contributed by atoms with van der Waals surface area (Å²) in [6.07, 6.45) is 1.64. The largest absolute Gasteiger partial charge is 0.416 e. The number of alkyl halides is 3. The van der Waals surface area contributed by atoms with E-state index < -0.39 is 11.7 Å². The Balaban J connectivity index is 1.56. The molecule has 0 aliphatic heterocycles. The number of amides is 2. The number of carbonyl (C=O) groups is 1. The first kappa shape index (κ1) is 18.2. The van der Waals surface area contributed by atoms with Crippen molar-refractivity contribution in [1.29, 1.82) is 0 Å². The van der Waals surface area contributed by atoms with Crippen LogP contribution in [0.1, 0.15) is 29.5 Å². The fraction of sp³-hybridized carbons (Fsp3) is 0.368. The average Bonchev–Trinajstić information content (AvgIpc) is 3.45. The Morgan fingerprint density at radius 3 is 2.46 bits per heavy atom. The van der Waals surface area contributed by atoms with Gasteiger partial charge in [0.05, 0.1) is 5.56 Å². The zero-order valence-electron chi connectivity index (χ0n) is 14.2. The quantitative estimate of drug-likeness (QED) is 0.843. The molecule has 7 heteroatoms. The average molecular weight is 363 g/mol. The van der Waals surface area contributed by atoms with E-state index in [1.54, 1.807) is 17.3 Å². The van der Waals surface area contributed by atoms with Crippen LogP contribution in [-0.4, -0.2) is 28.5 Å². The standard InChI is InChI=1S/C19H20F3N3O/c20-19(21,22)16-5-3-15(4-6-16)13-25(17-7-8-17)18(26)24-11-9-14-2-1-10-23-12-14/h1-6,10,12,17H,7-9,11,13H2,(H,24,26). The Bertz CT molecular complexity index is 728. The van der Waals surface area contributed by atoms with Gasteiger partial charge in [-0.25, -0.2) is 4.79 Å². The van der Waals surface area contributed by atoms with Crippen molar-refractivity contribution >= 4 is 6.03 Å². The topological polar surface area (TPSA) is 45.2 Å². The van der Waals surface area contributed by atoms with Crippen LogP contribution in [-0.2, 0) is 19.1 Å². The molecule has 1 aromatic carbocycles. The number of hydrogen-bond acceptors (Lipinski definition) is 2. The molecule has 1 aromatic heterocycles. The minimum absolute atomic E-state index is 0.163. The van der Waals surface area contributed by atoms with Gasteiger partial charge in [0.1, 0.15) is 0 Å². The van der Waals surface area contributed by atoms with E-state index in [-0.39, 0.29) is 12.1 Å². The van der Waals surface area contributed by atoms with Gasteiger partial charge in [-0.1, -0.05) is 18.2 Å². The van der Waals surface area contributed by atoms with Gasteiger partial charge in [0, 0.05) is 31.5 Å². The third-order valence-electron chi connectivity index (χ3n) is 4.30. The first-order valence-corrected chi connectivity index (χ1v) is 8.53. The van der Waals surface area contributed by atoms with Crippen LogP contribution in [0.5, 0.6) is 0 Å². The summed E-state index contributed by atoms with van der Waals surface area (Å²) < 4.78 is 37.9. The molecule has 0 radical (unpaired) electrons. The van der Waals surface area contributed by atoms with E-state index in [2.05, 4.69) is 10.3 Å². The third kappa shape index (κ3) is 4.97. The molecular weight excluding hydrogens is 343 g/mol. The van der Waals surface area contributed by atoms with Crippen LogP contribution in [0, 0.1) is 0 Å². The Kier molecular flexibility index (Phi) is 5.44. The van der Waals surface area contributed by atoms with E-state index >= 15 is 0 Å². The number of halogens is 3. The van der Waals surface area contributed by atoms with Gasteiger partial charge in [0.15, 0.2) is 0 Å². The van der Waals surface area contributed by atoms with Crippen molar-refractivity contribution in [3.8, 4) is 0 Å². The molecule has 1 N–H and O–H groups in total. The number of benzene rings is 1. The van der Waals surface area contributed by atoms with Crippen molar-refractivity contribution in [2.24, 2.45) is 0 Å². The summed E-state index contributed by atoms with van der Waals surface area (Å²) in [5.41, 5.74) is 1.04. The summed E-state index contributed by atoms with van der Waals surface area (Å²) in [4.78, 5) is 18.2. The highest BCUT2D eigenvalue weighted by Gasteiger charge is 2.33. The number of carbonyl (C=O) groups excluding carboxylic acids is 1. The minimum atomic E-state index is -4.35. The van der Waals surface area contributed by atoms with Gasteiger partial charge >= 0.3 is 12.2 Å². The molecule has 26 heavy (non-hydrogen) atoms. The molecule has 2 amide bonds. The van der Waals surface area contributed by atoms with Crippen LogP contribution in [0.4, 0.5) is 18.0 Å². The van der Waals surface area contributed by atoms with Crippen molar-refractivity contribution in [3.05, 3.63) is 65.5 Å². The fourth-order valence-corrected chi connectivity index (χ4v) is 2.71. The maximum Gasteiger partial charge on any atom is 0.416 e. The first-order chi connectivity index (χ1) is 12.4. The zero-order valence-corrected chi connectivity index (χ0v) is 14.2. The lowest BCUT2D eigenvalue weighted by Crippen LogP contribution is -2.41. The highest BCUT2D eigenvalue weighted by Crippen LogP contribution is 2.31. The van der Waals surface area contributed by atoms with Crippen LogP contribution >= 0.6 is 0 Å². The lowest BCUT2D eigenvalue weighted by atomic mass is 10.1. The molecule has 0 bridgehead atoms. The molecule has 0 saturated heterocycles. The summed E-state index contributed by atoms with van der Waals surface area (Å²) in [5.74, 6) is 0. The predicted octanol–water partition coefficient (Wildman–Crippen LogP) is 4.02. The monoisotopic (exact) mass is 363 g/mol. The van der Waals surface area contributed by atoms with Gasteiger partial charge in [-0.2, -0.15) is 13.2 Å². The Morgan fingerprint density at radius 1 is 1.15 bits per heavy atom. The third-order valence-corrected chi connectivity index (χ3v) is 4.30. The van der Waals surface area contributed by atoms with E-state index in [1.165, 1.54) is 12.1 Å². The van der Waals surface area contributed by atoms with E-state index in [0.717, 1.165) is 30.5 Å². The molecule has 1 aliphatic rings. The van der Waals surface area contributed by atoms with Gasteiger partial charge in [0.25, 0.3) is 0 Å². The maximum atomic E-state index is 12.6. The fourth-order valence-electron chi connectivity index (χ4n) is 2.71. The molecule has 3 rings (SSSR count). The first-order valence-electron chi connectivity index (χ1n) is 8.53. The Morgan fingerprint density at radius 2 is 1.88 bits per heavy atom. The van der Waals surface area contributed by atoms with E-state index in [1.807, 2.05) is 12.1 Å². The van der Waals surface area contributed by atoms with Crippen molar-refractivity contribution in [1.82, 2.24) is 15.2 Å². The molecule has 4 nitrogen and oxygen atoms in total. The number of hydrogen-bond donors (Lipinski definition) is 1. The van der Waals surface area contributed by atoms with E-state index in [4.69, 9.17) is 0 Å².